The molecule has 8 heteroatoms. The standard InChI is InChI=1S/C20H44N6O.HI/c1-5-21-20(23-11-14-24(3)12-9-19-27-4)22-10-7-8-13-26-17-15-25(6-2)16-18-26;/h5-19H2,1-4H3,(H2,21,22,23);1H. The van der Waals surface area contributed by atoms with Gasteiger partial charge in [-0.3, -0.25) is 4.99 Å². The smallest absolute Gasteiger partial charge is 0.191 e. The van der Waals surface area contributed by atoms with Crippen molar-refractivity contribution in [3.63, 3.8) is 0 Å². The lowest BCUT2D eigenvalue weighted by molar-refractivity contribution is 0.136. The average molecular weight is 513 g/mol. The third-order valence-electron chi connectivity index (χ3n) is 5.08. The highest BCUT2D eigenvalue weighted by molar-refractivity contribution is 14.0. The molecule has 1 aliphatic heterocycles. The second-order valence-electron chi connectivity index (χ2n) is 7.32. The van der Waals surface area contributed by atoms with Crippen LogP contribution in [0, 0.1) is 0 Å². The van der Waals surface area contributed by atoms with Crippen molar-refractivity contribution in [1.29, 1.82) is 0 Å². The number of piperazine rings is 1. The van der Waals surface area contributed by atoms with E-state index in [9.17, 15) is 0 Å². The summed E-state index contributed by atoms with van der Waals surface area (Å²) in [4.78, 5) is 12.2. The fourth-order valence-corrected chi connectivity index (χ4v) is 3.26. The SMILES string of the molecule is CCNC(=NCCCCN1CCN(CC)CC1)NCCN(C)CCCOC.I. The Kier molecular flexibility index (Phi) is 18.7. The van der Waals surface area contributed by atoms with Gasteiger partial charge < -0.3 is 30.1 Å². The molecule has 0 spiro atoms. The predicted octanol–water partition coefficient (Wildman–Crippen LogP) is 1.55. The zero-order valence-electron chi connectivity index (χ0n) is 18.7. The molecule has 0 aromatic heterocycles. The highest BCUT2D eigenvalue weighted by atomic mass is 127. The minimum Gasteiger partial charge on any atom is -0.385 e. The summed E-state index contributed by atoms with van der Waals surface area (Å²) >= 11 is 0. The van der Waals surface area contributed by atoms with Gasteiger partial charge in [-0.05, 0) is 46.3 Å². The van der Waals surface area contributed by atoms with E-state index in [-0.39, 0.29) is 24.0 Å². The van der Waals surface area contributed by atoms with Crippen molar-refractivity contribution >= 4 is 29.9 Å². The number of hydrogen-bond donors (Lipinski definition) is 2. The highest BCUT2D eigenvalue weighted by Gasteiger charge is 2.14. The van der Waals surface area contributed by atoms with Gasteiger partial charge in [0.25, 0.3) is 0 Å². The van der Waals surface area contributed by atoms with Crippen molar-refractivity contribution in [2.75, 3.05) is 92.8 Å². The highest BCUT2D eigenvalue weighted by Crippen LogP contribution is 2.03. The quantitative estimate of drug-likeness (QED) is 0.160. The van der Waals surface area contributed by atoms with E-state index in [0.29, 0.717) is 0 Å². The van der Waals surface area contributed by atoms with E-state index in [2.05, 4.69) is 46.2 Å². The Morgan fingerprint density at radius 2 is 1.71 bits per heavy atom. The second-order valence-corrected chi connectivity index (χ2v) is 7.32. The molecule has 7 nitrogen and oxygen atoms in total. The molecule has 0 bridgehead atoms. The first-order chi connectivity index (χ1) is 13.2. The predicted molar refractivity (Wildman–Crippen MR) is 131 cm³/mol. The van der Waals surface area contributed by atoms with Crippen LogP contribution in [0.5, 0.6) is 0 Å². The van der Waals surface area contributed by atoms with Gasteiger partial charge >= 0.3 is 0 Å². The summed E-state index contributed by atoms with van der Waals surface area (Å²) in [5, 5.41) is 6.79. The van der Waals surface area contributed by atoms with Crippen LogP contribution in [0.15, 0.2) is 4.99 Å². The van der Waals surface area contributed by atoms with E-state index in [1.807, 2.05) is 0 Å². The van der Waals surface area contributed by atoms with Crippen molar-refractivity contribution in [2.45, 2.75) is 33.1 Å². The lowest BCUT2D eigenvalue weighted by Crippen LogP contribution is -2.46. The fraction of sp³-hybridized carbons (Fsp3) is 0.950. The number of hydrogen-bond acceptors (Lipinski definition) is 5. The van der Waals surface area contributed by atoms with Crippen LogP contribution in [0.4, 0.5) is 0 Å². The molecule has 0 saturated carbocycles. The maximum Gasteiger partial charge on any atom is 0.191 e. The molecule has 1 heterocycles. The minimum absolute atomic E-state index is 0. The molecular weight excluding hydrogens is 467 g/mol. The molecule has 1 saturated heterocycles. The topological polar surface area (TPSA) is 55.4 Å². The van der Waals surface area contributed by atoms with E-state index in [1.165, 1.54) is 45.7 Å². The molecular formula is C20H45IN6O. The second kappa shape index (κ2) is 18.8. The number of methoxy groups -OCH3 is 1. The first kappa shape index (κ1) is 27.8. The lowest BCUT2D eigenvalue weighted by Gasteiger charge is -2.33. The van der Waals surface area contributed by atoms with Crippen LogP contribution in [0.1, 0.15) is 33.1 Å². The van der Waals surface area contributed by atoms with Gasteiger partial charge in [-0.25, -0.2) is 0 Å². The minimum atomic E-state index is 0. The lowest BCUT2D eigenvalue weighted by atomic mass is 10.2. The average Bonchev–Trinajstić information content (AvgIpc) is 2.68. The zero-order valence-corrected chi connectivity index (χ0v) is 21.0. The Balaban J connectivity index is 0.00000729. The molecule has 1 rings (SSSR count). The van der Waals surface area contributed by atoms with E-state index in [4.69, 9.17) is 9.73 Å². The van der Waals surface area contributed by atoms with Gasteiger partial charge in [0.2, 0.25) is 0 Å². The number of nitrogens with one attached hydrogen (secondary N) is 2. The van der Waals surface area contributed by atoms with Crippen LogP contribution in [0.3, 0.4) is 0 Å². The zero-order chi connectivity index (χ0) is 19.7. The first-order valence-electron chi connectivity index (χ1n) is 10.8. The van der Waals surface area contributed by atoms with Gasteiger partial charge in [-0.15, -0.1) is 24.0 Å². The molecule has 0 unspecified atom stereocenters. The van der Waals surface area contributed by atoms with Gasteiger partial charge in [0.15, 0.2) is 5.96 Å². The fourth-order valence-electron chi connectivity index (χ4n) is 3.26. The molecule has 0 aliphatic carbocycles. The monoisotopic (exact) mass is 512 g/mol. The molecule has 28 heavy (non-hydrogen) atoms. The van der Waals surface area contributed by atoms with Crippen molar-refractivity contribution in [2.24, 2.45) is 4.99 Å². The molecule has 1 fully saturated rings. The molecule has 0 amide bonds. The normalized spacial score (nSPS) is 16.2. The van der Waals surface area contributed by atoms with Crippen molar-refractivity contribution < 1.29 is 4.74 Å². The van der Waals surface area contributed by atoms with Gasteiger partial charge in [0.05, 0.1) is 0 Å². The molecule has 2 N–H and O–H groups in total. The van der Waals surface area contributed by atoms with Gasteiger partial charge in [-0.1, -0.05) is 6.92 Å². The summed E-state index contributed by atoms with van der Waals surface area (Å²) in [6.07, 6.45) is 3.47. The van der Waals surface area contributed by atoms with Crippen LogP contribution in [0.25, 0.3) is 0 Å². The summed E-state index contributed by atoms with van der Waals surface area (Å²) in [7, 11) is 3.91. The van der Waals surface area contributed by atoms with E-state index < -0.39 is 0 Å². The van der Waals surface area contributed by atoms with Gasteiger partial charge in [0, 0.05) is 72.6 Å². The van der Waals surface area contributed by atoms with Crippen molar-refractivity contribution in [3.8, 4) is 0 Å². The number of aliphatic imine (C=N–C) groups is 1. The number of nitrogens with zero attached hydrogens (tertiary/aromatic N) is 4. The third kappa shape index (κ3) is 13.9. The van der Waals surface area contributed by atoms with Crippen LogP contribution >= 0.6 is 24.0 Å². The number of ether oxygens (including phenoxy) is 1. The molecule has 0 aromatic carbocycles. The Hall–Kier alpha value is -0.160. The van der Waals surface area contributed by atoms with Crippen molar-refractivity contribution in [3.05, 3.63) is 0 Å². The summed E-state index contributed by atoms with van der Waals surface area (Å²) in [6.45, 7) is 17.3. The Morgan fingerprint density at radius 3 is 2.36 bits per heavy atom. The number of guanidine groups is 1. The summed E-state index contributed by atoms with van der Waals surface area (Å²) in [6, 6.07) is 0. The molecule has 1 aliphatic rings. The first-order valence-corrected chi connectivity index (χ1v) is 10.8. The number of likely N-dealkylation sites (N-methyl/N-ethyl adjacent to an activating group) is 2. The van der Waals surface area contributed by atoms with Gasteiger partial charge in [0.1, 0.15) is 0 Å². The molecule has 0 aromatic rings. The van der Waals surface area contributed by atoms with E-state index in [0.717, 1.165) is 58.1 Å². The number of unbranched alkanes of at least 4 members (excludes halogenated alkanes) is 1. The van der Waals surface area contributed by atoms with Crippen molar-refractivity contribution in [1.82, 2.24) is 25.3 Å². The van der Waals surface area contributed by atoms with Crippen LogP contribution < -0.4 is 10.6 Å². The molecule has 168 valence electrons. The maximum atomic E-state index is 5.10. The summed E-state index contributed by atoms with van der Waals surface area (Å²) in [5.41, 5.74) is 0. The Morgan fingerprint density at radius 1 is 1.00 bits per heavy atom. The molecule has 0 radical (unpaired) electrons. The largest absolute Gasteiger partial charge is 0.385 e. The van der Waals surface area contributed by atoms with Gasteiger partial charge in [-0.2, -0.15) is 0 Å². The third-order valence-corrected chi connectivity index (χ3v) is 5.08. The molecule has 0 atom stereocenters. The summed E-state index contributed by atoms with van der Waals surface area (Å²) in [5.74, 6) is 0.944. The van der Waals surface area contributed by atoms with Crippen LogP contribution in [-0.2, 0) is 4.74 Å². The number of rotatable bonds is 14. The Bertz CT molecular complexity index is 378. The maximum absolute atomic E-state index is 5.10. The van der Waals surface area contributed by atoms with Crippen LogP contribution in [-0.4, -0.2) is 113 Å². The number of halogens is 1. The van der Waals surface area contributed by atoms with Crippen LogP contribution in [0.2, 0.25) is 0 Å². The van der Waals surface area contributed by atoms with E-state index in [1.54, 1.807) is 7.11 Å². The van der Waals surface area contributed by atoms with E-state index >= 15 is 0 Å². The Labute approximate surface area is 190 Å². The summed E-state index contributed by atoms with van der Waals surface area (Å²) < 4.78 is 5.10.